The zero-order chi connectivity index (χ0) is 19.1. The molecule has 1 N–H and O–H groups in total. The maximum absolute atomic E-state index is 12.0. The lowest BCUT2D eigenvalue weighted by atomic mass is 10.1. The normalized spacial score (nSPS) is 14.4. The Kier molecular flexibility index (Phi) is 6.44. The zero-order valence-electron chi connectivity index (χ0n) is 15.8. The van der Waals surface area contributed by atoms with E-state index in [1.165, 1.54) is 5.69 Å². The number of benzene rings is 2. The number of amides is 1. The summed E-state index contributed by atoms with van der Waals surface area (Å²) in [5.74, 6) is 0.618. The predicted octanol–water partition coefficient (Wildman–Crippen LogP) is 2.53. The van der Waals surface area contributed by atoms with Crippen molar-refractivity contribution in [2.75, 3.05) is 38.3 Å². The molecule has 0 aromatic heterocycles. The number of methoxy groups -OCH3 is 1. The molecular weight excluding hydrogens is 342 g/mol. The Morgan fingerprint density at radius 2 is 1.96 bits per heavy atom. The first-order valence-corrected chi connectivity index (χ1v) is 9.04. The van der Waals surface area contributed by atoms with Gasteiger partial charge in [-0.15, -0.1) is 0 Å². The second-order valence-electron chi connectivity index (χ2n) is 6.46. The monoisotopic (exact) mass is 367 g/mol. The summed E-state index contributed by atoms with van der Waals surface area (Å²) in [6.07, 6.45) is 1.96. The van der Waals surface area contributed by atoms with Gasteiger partial charge < -0.3 is 14.4 Å². The number of nitrogens with zero attached hydrogens (tertiary/aromatic N) is 2. The van der Waals surface area contributed by atoms with Gasteiger partial charge in [-0.1, -0.05) is 18.2 Å². The largest absolute Gasteiger partial charge is 0.497 e. The molecule has 1 aliphatic heterocycles. The van der Waals surface area contributed by atoms with Gasteiger partial charge in [0.05, 0.1) is 33.0 Å². The number of hydrogen-bond acceptors (Lipinski definition) is 5. The lowest BCUT2D eigenvalue weighted by Crippen LogP contribution is -2.36. The van der Waals surface area contributed by atoms with Crippen LogP contribution in [0, 0.1) is 6.92 Å². The van der Waals surface area contributed by atoms with Crippen molar-refractivity contribution in [1.29, 1.82) is 0 Å². The first-order valence-electron chi connectivity index (χ1n) is 9.04. The van der Waals surface area contributed by atoms with Gasteiger partial charge in [0.25, 0.3) is 0 Å². The molecule has 27 heavy (non-hydrogen) atoms. The molecule has 0 atom stereocenters. The minimum Gasteiger partial charge on any atom is -0.497 e. The van der Waals surface area contributed by atoms with E-state index in [0.29, 0.717) is 0 Å². The summed E-state index contributed by atoms with van der Waals surface area (Å²) >= 11 is 0. The maximum Gasteiger partial charge on any atom is 0.244 e. The van der Waals surface area contributed by atoms with Crippen molar-refractivity contribution in [3.63, 3.8) is 0 Å². The van der Waals surface area contributed by atoms with Gasteiger partial charge in [-0.2, -0.15) is 5.10 Å². The molecule has 3 rings (SSSR count). The third kappa shape index (κ3) is 5.31. The zero-order valence-corrected chi connectivity index (χ0v) is 15.8. The first kappa shape index (κ1) is 18.9. The smallest absolute Gasteiger partial charge is 0.244 e. The van der Waals surface area contributed by atoms with Gasteiger partial charge in [0.15, 0.2) is 0 Å². The van der Waals surface area contributed by atoms with Crippen LogP contribution in [0.2, 0.25) is 0 Å². The second kappa shape index (κ2) is 9.19. The Balaban J connectivity index is 1.54. The van der Waals surface area contributed by atoms with Crippen LogP contribution in [0.1, 0.15) is 16.7 Å². The number of nitrogens with one attached hydrogen (secondary N) is 1. The lowest BCUT2D eigenvalue weighted by molar-refractivity contribution is -0.120. The van der Waals surface area contributed by atoms with Crippen molar-refractivity contribution in [2.24, 2.45) is 5.10 Å². The van der Waals surface area contributed by atoms with Crippen LogP contribution >= 0.6 is 0 Å². The number of carbonyl (C=O) groups is 1. The molecule has 0 bridgehead atoms. The second-order valence-corrected chi connectivity index (χ2v) is 6.46. The summed E-state index contributed by atoms with van der Waals surface area (Å²) in [5.41, 5.74) is 6.79. The fourth-order valence-electron chi connectivity index (χ4n) is 2.97. The Morgan fingerprint density at radius 3 is 2.63 bits per heavy atom. The Bertz CT molecular complexity index is 797. The van der Waals surface area contributed by atoms with Crippen molar-refractivity contribution in [2.45, 2.75) is 13.3 Å². The number of aryl methyl sites for hydroxylation is 1. The molecule has 0 unspecified atom stereocenters. The van der Waals surface area contributed by atoms with E-state index in [-0.39, 0.29) is 12.3 Å². The van der Waals surface area contributed by atoms with Crippen LogP contribution in [0.15, 0.2) is 47.6 Å². The number of hydrazone groups is 1. The van der Waals surface area contributed by atoms with Gasteiger partial charge in [0.1, 0.15) is 5.75 Å². The summed E-state index contributed by atoms with van der Waals surface area (Å²) in [5, 5.41) is 4.09. The third-order valence-electron chi connectivity index (χ3n) is 4.55. The van der Waals surface area contributed by atoms with E-state index in [4.69, 9.17) is 9.47 Å². The molecule has 0 saturated carbocycles. The Morgan fingerprint density at radius 1 is 1.22 bits per heavy atom. The number of rotatable bonds is 6. The van der Waals surface area contributed by atoms with Gasteiger partial charge >= 0.3 is 0 Å². The summed E-state index contributed by atoms with van der Waals surface area (Å²) in [6, 6.07) is 13.7. The van der Waals surface area contributed by atoms with E-state index in [0.717, 1.165) is 48.7 Å². The molecule has 6 heteroatoms. The van der Waals surface area contributed by atoms with Crippen LogP contribution in [0.4, 0.5) is 5.69 Å². The molecule has 0 aliphatic carbocycles. The van der Waals surface area contributed by atoms with Crippen molar-refractivity contribution in [3.05, 3.63) is 59.2 Å². The van der Waals surface area contributed by atoms with E-state index < -0.39 is 0 Å². The van der Waals surface area contributed by atoms with E-state index in [9.17, 15) is 4.79 Å². The minimum absolute atomic E-state index is 0.154. The van der Waals surface area contributed by atoms with Crippen LogP contribution in [-0.4, -0.2) is 45.5 Å². The van der Waals surface area contributed by atoms with Gasteiger partial charge in [-0.3, -0.25) is 4.79 Å². The molecule has 1 saturated heterocycles. The van der Waals surface area contributed by atoms with Crippen LogP contribution in [0.3, 0.4) is 0 Å². The number of anilines is 1. The number of morpholine rings is 1. The molecule has 0 radical (unpaired) electrons. The van der Waals surface area contributed by atoms with Crippen molar-refractivity contribution >= 4 is 17.8 Å². The van der Waals surface area contributed by atoms with Gasteiger partial charge in [-0.25, -0.2) is 5.43 Å². The van der Waals surface area contributed by atoms with E-state index in [1.807, 2.05) is 37.3 Å². The molecule has 142 valence electrons. The van der Waals surface area contributed by atoms with E-state index in [2.05, 4.69) is 27.6 Å². The summed E-state index contributed by atoms with van der Waals surface area (Å²) < 4.78 is 10.5. The maximum atomic E-state index is 12.0. The summed E-state index contributed by atoms with van der Waals surface area (Å²) in [6.45, 7) is 5.40. The van der Waals surface area contributed by atoms with E-state index in [1.54, 1.807) is 13.3 Å². The lowest BCUT2D eigenvalue weighted by Gasteiger charge is -2.29. The Labute approximate surface area is 159 Å². The van der Waals surface area contributed by atoms with E-state index >= 15 is 0 Å². The van der Waals surface area contributed by atoms with Gasteiger partial charge in [0, 0.05) is 18.8 Å². The van der Waals surface area contributed by atoms with Crippen LogP contribution < -0.4 is 15.1 Å². The summed E-state index contributed by atoms with van der Waals surface area (Å²) in [4.78, 5) is 14.3. The quantitative estimate of drug-likeness (QED) is 0.630. The molecule has 2 aromatic carbocycles. The predicted molar refractivity (Wildman–Crippen MR) is 107 cm³/mol. The number of hydrogen-bond donors (Lipinski definition) is 1. The summed E-state index contributed by atoms with van der Waals surface area (Å²) in [7, 11) is 1.62. The molecule has 6 nitrogen and oxygen atoms in total. The molecule has 1 aliphatic rings. The van der Waals surface area contributed by atoms with Crippen molar-refractivity contribution < 1.29 is 14.3 Å². The van der Waals surface area contributed by atoms with Crippen LogP contribution in [0.25, 0.3) is 0 Å². The number of ether oxygens (including phenoxy) is 2. The molecular formula is C21H25N3O3. The van der Waals surface area contributed by atoms with Gasteiger partial charge in [-0.05, 0) is 47.9 Å². The highest BCUT2D eigenvalue weighted by Gasteiger charge is 2.11. The Hall–Kier alpha value is -2.86. The topological polar surface area (TPSA) is 63.2 Å². The molecule has 1 heterocycles. The standard InChI is InChI=1S/C21H25N3O3/c1-16-13-19(24-9-11-27-12-10-24)6-5-18(16)15-22-23-21(25)14-17-3-7-20(26-2)8-4-17/h3-8,13,15H,9-12,14H2,1-2H3,(H,23,25)/b22-15+. The highest BCUT2D eigenvalue weighted by Crippen LogP contribution is 2.19. The third-order valence-corrected chi connectivity index (χ3v) is 4.55. The van der Waals surface area contributed by atoms with Crippen LogP contribution in [-0.2, 0) is 16.0 Å². The minimum atomic E-state index is -0.154. The molecule has 1 amide bonds. The average molecular weight is 367 g/mol. The highest BCUT2D eigenvalue weighted by atomic mass is 16.5. The fourth-order valence-corrected chi connectivity index (χ4v) is 2.97. The fraction of sp³-hybridized carbons (Fsp3) is 0.333. The molecule has 1 fully saturated rings. The SMILES string of the molecule is COc1ccc(CC(=O)N/N=C/c2ccc(N3CCOCC3)cc2C)cc1. The van der Waals surface area contributed by atoms with Crippen molar-refractivity contribution in [1.82, 2.24) is 5.43 Å². The molecule has 0 spiro atoms. The van der Waals surface area contributed by atoms with Gasteiger partial charge in [0.2, 0.25) is 5.91 Å². The molecule has 2 aromatic rings. The van der Waals surface area contributed by atoms with Crippen molar-refractivity contribution in [3.8, 4) is 5.75 Å². The average Bonchev–Trinajstić information content (AvgIpc) is 2.70. The first-order chi connectivity index (χ1) is 13.2. The van der Waals surface area contributed by atoms with Crippen LogP contribution in [0.5, 0.6) is 5.75 Å². The number of carbonyl (C=O) groups excluding carboxylic acids is 1. The highest BCUT2D eigenvalue weighted by molar-refractivity contribution is 5.85.